The van der Waals surface area contributed by atoms with E-state index in [1.807, 2.05) is 96.2 Å². The van der Waals surface area contributed by atoms with Crippen molar-refractivity contribution in [2.24, 2.45) is 17.8 Å². The van der Waals surface area contributed by atoms with Crippen molar-refractivity contribution in [2.45, 2.75) is 141 Å². The summed E-state index contributed by atoms with van der Waals surface area (Å²) in [5, 5.41) is 37.1. The number of likely N-dealkylation sites (N-methyl/N-ethyl adjacent to an activating group) is 1. The van der Waals surface area contributed by atoms with Gasteiger partial charge in [-0.25, -0.2) is 0 Å². The van der Waals surface area contributed by atoms with Crippen LogP contribution in [0.4, 0.5) is 5.69 Å². The van der Waals surface area contributed by atoms with Crippen molar-refractivity contribution in [3.63, 3.8) is 0 Å². The van der Waals surface area contributed by atoms with Crippen LogP contribution in [0.1, 0.15) is 74.7 Å². The van der Waals surface area contributed by atoms with Gasteiger partial charge in [-0.15, -0.1) is 0 Å². The third-order valence-electron chi connectivity index (χ3n) is 12.1. The molecule has 54 heavy (non-hydrogen) atoms. The van der Waals surface area contributed by atoms with Gasteiger partial charge in [0.15, 0.2) is 6.29 Å². The number of hydrogen-bond acceptors (Lipinski definition) is 12. The lowest BCUT2D eigenvalue weighted by Crippen LogP contribution is -2.61. The van der Waals surface area contributed by atoms with E-state index in [1.165, 1.54) is 0 Å². The van der Waals surface area contributed by atoms with Crippen LogP contribution in [0.15, 0.2) is 48.7 Å². The van der Waals surface area contributed by atoms with Crippen LogP contribution in [-0.4, -0.2) is 131 Å². The smallest absolute Gasteiger partial charge is 0.311 e. The van der Waals surface area contributed by atoms with Crippen molar-refractivity contribution < 1.29 is 43.8 Å². The minimum atomic E-state index is -1.63. The first-order valence-electron chi connectivity index (χ1n) is 19.8. The summed E-state index contributed by atoms with van der Waals surface area (Å²) in [6.07, 6.45) is 0.985. The maximum Gasteiger partial charge on any atom is 0.311 e. The Morgan fingerprint density at radius 1 is 1.04 bits per heavy atom. The molecule has 0 saturated carbocycles. The van der Waals surface area contributed by atoms with Gasteiger partial charge in [0.1, 0.15) is 23.9 Å². The highest BCUT2D eigenvalue weighted by Crippen LogP contribution is 2.40. The highest BCUT2D eigenvalue weighted by molar-refractivity contribution is 5.81. The standard InChI is InChI=1S/C42H65N3O9/c1-11-34-42(8,49)38-29(6)45(31-21-30-16-12-13-17-32(30)43-23-31)24-25(2)22-41(7,51-19-15-14-18-50-38)37(27(4)35(46)28(5)39(48)53-34)54-40-36(47)33(44(9)10)20-26(3)52-40/h12-17,21,23,25-29,33-38,40,46-47,49H,11,18-20,22,24H2,1-10H3/b15-14-/t25-,26-,27+,28?,29-,33+,34-,35?,36-,37-,38-,40+,41-,42-/m1/s1. The number of pyridine rings is 1. The highest BCUT2D eigenvalue weighted by Gasteiger charge is 2.51. The summed E-state index contributed by atoms with van der Waals surface area (Å²) >= 11 is 0. The lowest BCUT2D eigenvalue weighted by molar-refractivity contribution is -0.302. The zero-order chi connectivity index (χ0) is 39.5. The first-order valence-corrected chi connectivity index (χ1v) is 19.8. The van der Waals surface area contributed by atoms with Gasteiger partial charge in [0.05, 0.1) is 66.5 Å². The molecule has 2 bridgehead atoms. The molecule has 12 heteroatoms. The second-order valence-corrected chi connectivity index (χ2v) is 16.8. The van der Waals surface area contributed by atoms with Crippen LogP contribution >= 0.6 is 0 Å². The molecule has 3 aliphatic rings. The van der Waals surface area contributed by atoms with Crippen LogP contribution in [0.25, 0.3) is 10.9 Å². The molecule has 1 aromatic heterocycles. The number of carbonyl (C=O) groups is 1. The third kappa shape index (κ3) is 9.13. The molecule has 0 radical (unpaired) electrons. The lowest BCUT2D eigenvalue weighted by atomic mass is 9.77. The molecule has 0 amide bonds. The van der Waals surface area contributed by atoms with Crippen molar-refractivity contribution >= 4 is 22.6 Å². The zero-order valence-electron chi connectivity index (χ0n) is 33.9. The van der Waals surface area contributed by atoms with E-state index < -0.39 is 71.9 Å². The third-order valence-corrected chi connectivity index (χ3v) is 12.1. The van der Waals surface area contributed by atoms with Crippen LogP contribution < -0.4 is 4.90 Å². The van der Waals surface area contributed by atoms with Crippen LogP contribution in [0.2, 0.25) is 0 Å². The maximum atomic E-state index is 14.0. The predicted octanol–water partition coefficient (Wildman–Crippen LogP) is 4.72. The number of ether oxygens (including phenoxy) is 5. The summed E-state index contributed by atoms with van der Waals surface area (Å²) in [6, 6.07) is 9.41. The average molecular weight is 756 g/mol. The molecule has 14 atom stereocenters. The van der Waals surface area contributed by atoms with Gasteiger partial charge < -0.3 is 48.8 Å². The van der Waals surface area contributed by atoms with E-state index in [1.54, 1.807) is 13.8 Å². The van der Waals surface area contributed by atoms with E-state index in [9.17, 15) is 20.1 Å². The van der Waals surface area contributed by atoms with Crippen molar-refractivity contribution in [3.05, 3.63) is 48.7 Å². The first kappa shape index (κ1) is 42.5. The number of cyclic esters (lactones) is 1. The number of benzene rings is 1. The lowest BCUT2D eigenvalue weighted by Gasteiger charge is -2.48. The fourth-order valence-electron chi connectivity index (χ4n) is 9.01. The van der Waals surface area contributed by atoms with Gasteiger partial charge in [0, 0.05) is 23.9 Å². The summed E-state index contributed by atoms with van der Waals surface area (Å²) in [7, 11) is 3.85. The topological polar surface area (TPSA) is 143 Å². The maximum absolute atomic E-state index is 14.0. The molecule has 302 valence electrons. The number of carbonyl (C=O) groups excluding carboxylic acids is 1. The van der Waals surface area contributed by atoms with Gasteiger partial charge in [-0.3, -0.25) is 9.78 Å². The summed E-state index contributed by atoms with van der Waals surface area (Å²) in [5.74, 6) is -2.37. The minimum Gasteiger partial charge on any atom is -0.459 e. The number of hydrogen-bond donors (Lipinski definition) is 3. The molecule has 4 heterocycles. The van der Waals surface area contributed by atoms with Gasteiger partial charge in [-0.05, 0) is 86.0 Å². The second kappa shape index (κ2) is 17.6. The number of para-hydroxylation sites is 1. The largest absolute Gasteiger partial charge is 0.459 e. The fourth-order valence-corrected chi connectivity index (χ4v) is 9.01. The quantitative estimate of drug-likeness (QED) is 0.287. The number of aliphatic hydroxyl groups excluding tert-OH is 2. The number of anilines is 1. The molecule has 3 N–H and O–H groups in total. The number of nitrogens with zero attached hydrogens (tertiary/aromatic N) is 3. The molecule has 2 saturated heterocycles. The molecular formula is C42H65N3O9. The Kier molecular flexibility index (Phi) is 13.9. The Hall–Kier alpha value is -2.68. The van der Waals surface area contributed by atoms with Crippen LogP contribution in [0, 0.1) is 17.8 Å². The van der Waals surface area contributed by atoms with Crippen molar-refractivity contribution in [1.82, 2.24) is 9.88 Å². The van der Waals surface area contributed by atoms with E-state index in [-0.39, 0.29) is 31.3 Å². The van der Waals surface area contributed by atoms with Gasteiger partial charge in [-0.2, -0.15) is 0 Å². The molecule has 5 rings (SSSR count). The van der Waals surface area contributed by atoms with Crippen LogP contribution in [0.5, 0.6) is 0 Å². The SMILES string of the molecule is CC[C@H]1OC(=O)C(C)C(O)[C@H](C)[C@@H](O[C@@H]2O[C@H](C)C[C@H](N(C)C)[C@H]2O)[C@@]2(C)C[C@@H](C)CN(c3cnc4ccccc4c3)[C@H](C)[C@@H](OC/C=C\CO2)[C@]1(C)O. The van der Waals surface area contributed by atoms with Crippen LogP contribution in [-0.2, 0) is 28.5 Å². The summed E-state index contributed by atoms with van der Waals surface area (Å²) in [4.78, 5) is 23.0. The van der Waals surface area contributed by atoms with Crippen LogP contribution in [0.3, 0.4) is 0 Å². The Labute approximate surface area is 321 Å². The molecular weight excluding hydrogens is 690 g/mol. The summed E-state index contributed by atoms with van der Waals surface area (Å²) in [6.45, 7) is 16.0. The van der Waals surface area contributed by atoms with E-state index in [2.05, 4.69) is 17.9 Å². The molecule has 2 unspecified atom stereocenters. The number of aliphatic hydroxyl groups is 3. The predicted molar refractivity (Wildman–Crippen MR) is 208 cm³/mol. The normalized spacial score (nSPS) is 41.2. The molecule has 12 nitrogen and oxygen atoms in total. The second-order valence-electron chi connectivity index (χ2n) is 16.8. The Balaban J connectivity index is 1.67. The van der Waals surface area contributed by atoms with E-state index in [4.69, 9.17) is 28.7 Å². The molecule has 0 spiro atoms. The average Bonchev–Trinajstić information content (AvgIpc) is 3.14. The van der Waals surface area contributed by atoms with E-state index in [0.717, 1.165) is 16.6 Å². The number of esters is 1. The first-order chi connectivity index (χ1) is 25.5. The zero-order valence-corrected chi connectivity index (χ0v) is 33.9. The fraction of sp³-hybridized carbons (Fsp3) is 0.714. The highest BCUT2D eigenvalue weighted by atomic mass is 16.7. The van der Waals surface area contributed by atoms with Crippen molar-refractivity contribution in [1.29, 1.82) is 0 Å². The molecule has 3 aliphatic heterocycles. The monoisotopic (exact) mass is 755 g/mol. The van der Waals surface area contributed by atoms with Gasteiger partial charge in [0.25, 0.3) is 0 Å². The van der Waals surface area contributed by atoms with Crippen molar-refractivity contribution in [2.75, 3.05) is 38.8 Å². The molecule has 2 fully saturated rings. The molecule has 0 aliphatic carbocycles. The molecule has 2 aromatic rings. The Morgan fingerprint density at radius 2 is 1.74 bits per heavy atom. The van der Waals surface area contributed by atoms with Gasteiger partial charge in [0.2, 0.25) is 0 Å². The van der Waals surface area contributed by atoms with Gasteiger partial charge >= 0.3 is 5.97 Å². The molecule has 1 aromatic carbocycles. The van der Waals surface area contributed by atoms with Crippen molar-refractivity contribution in [3.8, 4) is 0 Å². The number of rotatable bonds is 5. The minimum absolute atomic E-state index is 0.0530. The Bertz CT molecular complexity index is 1570. The number of aromatic nitrogens is 1. The summed E-state index contributed by atoms with van der Waals surface area (Å²) in [5.41, 5.74) is -0.958. The van der Waals surface area contributed by atoms with Gasteiger partial charge in [-0.1, -0.05) is 51.1 Å². The van der Waals surface area contributed by atoms with E-state index in [0.29, 0.717) is 25.8 Å². The number of fused-ring (bicyclic) bond motifs is 7. The Morgan fingerprint density at radius 3 is 2.44 bits per heavy atom. The summed E-state index contributed by atoms with van der Waals surface area (Å²) < 4.78 is 32.7. The van der Waals surface area contributed by atoms with E-state index >= 15 is 0 Å².